The summed E-state index contributed by atoms with van der Waals surface area (Å²) in [5.41, 5.74) is 0.808. The average Bonchev–Trinajstić information content (AvgIpc) is 2.44. The summed E-state index contributed by atoms with van der Waals surface area (Å²) in [5, 5.41) is 4.06. The number of aromatic nitrogens is 2. The van der Waals surface area contributed by atoms with Crippen LogP contribution in [0, 0.1) is 5.92 Å². The van der Waals surface area contributed by atoms with Crippen molar-refractivity contribution in [2.75, 3.05) is 13.1 Å². The minimum atomic E-state index is 0.0527. The van der Waals surface area contributed by atoms with Crippen LogP contribution in [-0.2, 0) is 6.54 Å². The van der Waals surface area contributed by atoms with Crippen molar-refractivity contribution in [3.05, 3.63) is 39.4 Å². The SMILES string of the molecule is O=c1c2cc(Br)ccc2ncn1CC1CCCNC1. The first kappa shape index (κ1) is 12.8. The van der Waals surface area contributed by atoms with E-state index in [9.17, 15) is 4.79 Å². The molecule has 0 radical (unpaired) electrons. The van der Waals surface area contributed by atoms with E-state index >= 15 is 0 Å². The van der Waals surface area contributed by atoms with Crippen LogP contribution in [0.15, 0.2) is 33.8 Å². The minimum Gasteiger partial charge on any atom is -0.316 e. The number of piperidine rings is 1. The first-order chi connectivity index (χ1) is 9.24. The Bertz CT molecular complexity index is 647. The van der Waals surface area contributed by atoms with Crippen LogP contribution in [0.1, 0.15) is 12.8 Å². The molecule has 1 aromatic carbocycles. The molecule has 0 aliphatic carbocycles. The monoisotopic (exact) mass is 321 g/mol. The highest BCUT2D eigenvalue weighted by atomic mass is 79.9. The second-order valence-electron chi connectivity index (χ2n) is 5.08. The topological polar surface area (TPSA) is 46.9 Å². The molecule has 1 aliphatic rings. The fraction of sp³-hybridized carbons (Fsp3) is 0.429. The van der Waals surface area contributed by atoms with Gasteiger partial charge in [-0.1, -0.05) is 15.9 Å². The molecular weight excluding hydrogens is 306 g/mol. The van der Waals surface area contributed by atoms with Gasteiger partial charge in [-0.2, -0.15) is 0 Å². The fourth-order valence-electron chi connectivity index (χ4n) is 2.62. The standard InChI is InChI=1S/C14H16BrN3O/c15-11-3-4-13-12(6-11)14(19)18(9-17-13)8-10-2-1-5-16-7-10/h3-4,6,9-10,16H,1-2,5,7-8H2. The van der Waals surface area contributed by atoms with Gasteiger partial charge in [0, 0.05) is 11.0 Å². The molecule has 19 heavy (non-hydrogen) atoms. The molecular formula is C14H16BrN3O. The third kappa shape index (κ3) is 2.72. The summed E-state index contributed by atoms with van der Waals surface area (Å²) in [5.74, 6) is 0.526. The Labute approximate surface area is 120 Å². The lowest BCUT2D eigenvalue weighted by molar-refractivity contribution is 0.333. The Morgan fingerprint density at radius 1 is 1.47 bits per heavy atom. The Hall–Kier alpha value is -1.20. The van der Waals surface area contributed by atoms with Crippen LogP contribution in [0.3, 0.4) is 0 Å². The Kier molecular flexibility index (Phi) is 3.66. The van der Waals surface area contributed by atoms with Crippen LogP contribution in [0.4, 0.5) is 0 Å². The molecule has 1 aromatic heterocycles. The van der Waals surface area contributed by atoms with Gasteiger partial charge in [0.1, 0.15) is 0 Å². The third-order valence-corrected chi connectivity index (χ3v) is 4.13. The lowest BCUT2D eigenvalue weighted by atomic mass is 10.00. The summed E-state index contributed by atoms with van der Waals surface area (Å²) < 4.78 is 2.66. The van der Waals surface area contributed by atoms with Crippen LogP contribution in [0.5, 0.6) is 0 Å². The largest absolute Gasteiger partial charge is 0.316 e. The summed E-state index contributed by atoms with van der Waals surface area (Å²) in [6.07, 6.45) is 4.04. The number of nitrogens with zero attached hydrogens (tertiary/aromatic N) is 2. The minimum absolute atomic E-state index is 0.0527. The molecule has 1 fully saturated rings. The van der Waals surface area contributed by atoms with Crippen LogP contribution in [0.25, 0.3) is 10.9 Å². The average molecular weight is 322 g/mol. The van der Waals surface area contributed by atoms with E-state index in [-0.39, 0.29) is 5.56 Å². The molecule has 3 rings (SSSR count). The van der Waals surface area contributed by atoms with Gasteiger partial charge >= 0.3 is 0 Å². The molecule has 0 spiro atoms. The number of benzene rings is 1. The van der Waals surface area contributed by atoms with Crippen molar-refractivity contribution < 1.29 is 0 Å². The maximum atomic E-state index is 12.4. The van der Waals surface area contributed by atoms with Gasteiger partial charge in [0.15, 0.2) is 0 Å². The highest BCUT2D eigenvalue weighted by Gasteiger charge is 2.15. The van der Waals surface area contributed by atoms with Crippen molar-refractivity contribution in [2.45, 2.75) is 19.4 Å². The van der Waals surface area contributed by atoms with E-state index in [4.69, 9.17) is 0 Å². The molecule has 5 heteroatoms. The lowest BCUT2D eigenvalue weighted by Gasteiger charge is -2.23. The zero-order valence-corrected chi connectivity index (χ0v) is 12.2. The van der Waals surface area contributed by atoms with Gasteiger partial charge in [0.2, 0.25) is 0 Å². The second kappa shape index (κ2) is 5.43. The van der Waals surface area contributed by atoms with Gasteiger partial charge in [0.05, 0.1) is 17.2 Å². The predicted molar refractivity (Wildman–Crippen MR) is 79.3 cm³/mol. The van der Waals surface area contributed by atoms with Gasteiger partial charge in [-0.25, -0.2) is 4.98 Å². The number of hydrogen-bond donors (Lipinski definition) is 1. The zero-order chi connectivity index (χ0) is 13.2. The molecule has 1 atom stereocenters. The van der Waals surface area contributed by atoms with E-state index in [2.05, 4.69) is 26.2 Å². The molecule has 1 aliphatic heterocycles. The van der Waals surface area contributed by atoms with E-state index in [1.807, 2.05) is 18.2 Å². The van der Waals surface area contributed by atoms with Crippen molar-refractivity contribution in [1.29, 1.82) is 0 Å². The Balaban J connectivity index is 1.95. The van der Waals surface area contributed by atoms with Crippen molar-refractivity contribution in [1.82, 2.24) is 14.9 Å². The van der Waals surface area contributed by atoms with E-state index in [1.165, 1.54) is 12.8 Å². The van der Waals surface area contributed by atoms with Gasteiger partial charge in [0.25, 0.3) is 5.56 Å². The lowest BCUT2D eigenvalue weighted by Crippen LogP contribution is -2.34. The van der Waals surface area contributed by atoms with Gasteiger partial charge in [-0.3, -0.25) is 9.36 Å². The molecule has 1 N–H and O–H groups in total. The maximum Gasteiger partial charge on any atom is 0.261 e. The van der Waals surface area contributed by atoms with Crippen LogP contribution >= 0.6 is 15.9 Å². The number of hydrogen-bond acceptors (Lipinski definition) is 3. The first-order valence-electron chi connectivity index (χ1n) is 6.59. The molecule has 2 aromatic rings. The molecule has 0 amide bonds. The van der Waals surface area contributed by atoms with E-state index in [1.54, 1.807) is 10.9 Å². The van der Waals surface area contributed by atoms with Crippen LogP contribution in [-0.4, -0.2) is 22.6 Å². The van der Waals surface area contributed by atoms with E-state index in [0.717, 1.165) is 29.6 Å². The van der Waals surface area contributed by atoms with Gasteiger partial charge < -0.3 is 5.32 Å². The molecule has 4 nitrogen and oxygen atoms in total. The summed E-state index contributed by atoms with van der Waals surface area (Å²) in [6, 6.07) is 5.62. The highest BCUT2D eigenvalue weighted by Crippen LogP contribution is 2.16. The molecule has 2 heterocycles. The number of rotatable bonds is 2. The molecule has 1 unspecified atom stereocenters. The number of nitrogens with one attached hydrogen (secondary N) is 1. The fourth-order valence-corrected chi connectivity index (χ4v) is 2.98. The van der Waals surface area contributed by atoms with Gasteiger partial charge in [-0.15, -0.1) is 0 Å². The second-order valence-corrected chi connectivity index (χ2v) is 5.99. The summed E-state index contributed by atoms with van der Waals surface area (Å²) in [7, 11) is 0. The zero-order valence-electron chi connectivity index (χ0n) is 10.6. The predicted octanol–water partition coefficient (Wildman–Crippen LogP) is 2.16. The summed E-state index contributed by atoms with van der Waals surface area (Å²) in [6.45, 7) is 2.83. The van der Waals surface area contributed by atoms with Crippen molar-refractivity contribution in [2.24, 2.45) is 5.92 Å². The highest BCUT2D eigenvalue weighted by molar-refractivity contribution is 9.10. The van der Waals surface area contributed by atoms with Gasteiger partial charge in [-0.05, 0) is 50.0 Å². The first-order valence-corrected chi connectivity index (χ1v) is 7.39. The molecule has 100 valence electrons. The van der Waals surface area contributed by atoms with Crippen molar-refractivity contribution in [3.63, 3.8) is 0 Å². The third-order valence-electron chi connectivity index (χ3n) is 3.64. The van der Waals surface area contributed by atoms with Crippen LogP contribution < -0.4 is 10.9 Å². The Morgan fingerprint density at radius 2 is 2.37 bits per heavy atom. The number of fused-ring (bicyclic) bond motifs is 1. The van der Waals surface area contributed by atoms with E-state index < -0.39 is 0 Å². The number of halogens is 1. The molecule has 1 saturated heterocycles. The summed E-state index contributed by atoms with van der Waals surface area (Å²) in [4.78, 5) is 16.8. The maximum absolute atomic E-state index is 12.4. The van der Waals surface area contributed by atoms with Crippen molar-refractivity contribution >= 4 is 26.8 Å². The smallest absolute Gasteiger partial charge is 0.261 e. The molecule has 0 bridgehead atoms. The Morgan fingerprint density at radius 3 is 3.16 bits per heavy atom. The summed E-state index contributed by atoms with van der Waals surface area (Å²) >= 11 is 3.40. The normalized spacial score (nSPS) is 19.7. The quantitative estimate of drug-likeness (QED) is 0.922. The van der Waals surface area contributed by atoms with Crippen LogP contribution in [0.2, 0.25) is 0 Å². The van der Waals surface area contributed by atoms with E-state index in [0.29, 0.717) is 11.3 Å². The van der Waals surface area contributed by atoms with Crippen molar-refractivity contribution in [3.8, 4) is 0 Å². The molecule has 0 saturated carbocycles.